The number of pyridine rings is 1. The first-order chi connectivity index (χ1) is 18.5. The highest BCUT2D eigenvalue weighted by Gasteiger charge is 2.38. The van der Waals surface area contributed by atoms with E-state index in [9.17, 15) is 31.1 Å². The van der Waals surface area contributed by atoms with Crippen LogP contribution >= 0.6 is 0 Å². The van der Waals surface area contributed by atoms with Crippen LogP contribution in [0.4, 0.5) is 26.3 Å². The molecule has 18 heteroatoms. The minimum absolute atomic E-state index is 0.103. The molecule has 0 saturated heterocycles. The Hall–Kier alpha value is -3.93. The van der Waals surface area contributed by atoms with E-state index in [4.69, 9.17) is 33.7 Å². The predicted octanol–water partition coefficient (Wildman–Crippen LogP) is 2.67. The van der Waals surface area contributed by atoms with Crippen LogP contribution < -0.4 is 10.1 Å². The fourth-order valence-electron chi connectivity index (χ4n) is 2.92. The monoisotopic (exact) mass is 588 g/mol. The van der Waals surface area contributed by atoms with Gasteiger partial charge in [-0.2, -0.15) is 26.3 Å². The zero-order chi connectivity index (χ0) is 30.7. The number of nitrogens with zero attached hydrogens (tertiary/aromatic N) is 3. The molecule has 1 aliphatic heterocycles. The molecule has 2 aromatic rings. The van der Waals surface area contributed by atoms with Gasteiger partial charge >= 0.3 is 30.2 Å². The number of hydrogen-bond donors (Lipinski definition) is 3. The Morgan fingerprint density at radius 1 is 1.10 bits per heavy atom. The SMILES string of the molecule is COC[C@H](C)NC(=O)c1nc2c(o1)CCN(Cc1ccc(OC)cn1)C2.O=C(O)C(F)(F)F.O=C(O)C(F)(F)F. The van der Waals surface area contributed by atoms with E-state index in [0.29, 0.717) is 19.7 Å². The first-order valence-corrected chi connectivity index (χ1v) is 11.1. The second-order valence-corrected chi connectivity index (χ2v) is 7.97. The van der Waals surface area contributed by atoms with Gasteiger partial charge in [-0.3, -0.25) is 14.7 Å². The van der Waals surface area contributed by atoms with Crippen molar-refractivity contribution in [1.82, 2.24) is 20.2 Å². The fraction of sp³-hybridized carbons (Fsp3) is 0.500. The van der Waals surface area contributed by atoms with Crippen molar-refractivity contribution < 1.29 is 64.8 Å². The van der Waals surface area contributed by atoms with E-state index in [-0.39, 0.29) is 17.8 Å². The van der Waals surface area contributed by atoms with E-state index in [2.05, 4.69) is 20.2 Å². The number of halogens is 6. The van der Waals surface area contributed by atoms with Gasteiger partial charge in [-0.15, -0.1) is 0 Å². The number of carboxylic acid groups (broad SMARTS) is 2. The maximum Gasteiger partial charge on any atom is 0.490 e. The minimum Gasteiger partial charge on any atom is -0.495 e. The van der Waals surface area contributed by atoms with Gasteiger partial charge in [0.1, 0.15) is 11.5 Å². The molecule has 0 spiro atoms. The number of rotatable bonds is 7. The number of carbonyl (C=O) groups is 3. The highest BCUT2D eigenvalue weighted by atomic mass is 19.4. The molecule has 0 aromatic carbocycles. The molecule has 0 saturated carbocycles. The van der Waals surface area contributed by atoms with E-state index in [1.165, 1.54) is 0 Å². The molecule has 2 aromatic heterocycles. The van der Waals surface area contributed by atoms with Crippen molar-refractivity contribution in [2.45, 2.75) is 44.8 Å². The summed E-state index contributed by atoms with van der Waals surface area (Å²) < 4.78 is 79.3. The van der Waals surface area contributed by atoms with Crippen LogP contribution in [0.2, 0.25) is 0 Å². The summed E-state index contributed by atoms with van der Waals surface area (Å²) in [4.78, 5) is 41.0. The van der Waals surface area contributed by atoms with Gasteiger partial charge in [0.05, 0.1) is 31.3 Å². The highest BCUT2D eigenvalue weighted by Crippen LogP contribution is 2.21. The third kappa shape index (κ3) is 11.9. The van der Waals surface area contributed by atoms with Crippen LogP contribution in [-0.4, -0.2) is 88.7 Å². The van der Waals surface area contributed by atoms with E-state index in [0.717, 1.165) is 35.9 Å². The summed E-state index contributed by atoms with van der Waals surface area (Å²) in [5.41, 5.74) is 1.78. The van der Waals surface area contributed by atoms with E-state index >= 15 is 0 Å². The molecule has 3 rings (SSSR count). The summed E-state index contributed by atoms with van der Waals surface area (Å²) in [7, 11) is 3.22. The number of hydrogen-bond acceptors (Lipinski definition) is 9. The fourth-order valence-corrected chi connectivity index (χ4v) is 2.92. The predicted molar refractivity (Wildman–Crippen MR) is 121 cm³/mol. The standard InChI is InChI=1S/C18H24N4O4.2C2HF3O2/c1-12(11-24-2)20-17(23)18-21-15-10-22(7-6-16(15)26-18)9-13-4-5-14(25-3)8-19-13;2*3-2(4,5)1(6)7/h4-5,8,12H,6-7,9-11H2,1-3H3,(H,20,23);2*(H,6,7)/t12-;;/m0../s1. The normalized spacial score (nSPS) is 13.9. The zero-order valence-corrected chi connectivity index (χ0v) is 21.3. The molecule has 1 atom stereocenters. The molecule has 0 unspecified atom stereocenters. The summed E-state index contributed by atoms with van der Waals surface area (Å²) in [5, 5.41) is 17.1. The lowest BCUT2D eigenvalue weighted by Gasteiger charge is -2.24. The number of fused-ring (bicyclic) bond motifs is 1. The summed E-state index contributed by atoms with van der Waals surface area (Å²) in [6.45, 7) is 4.48. The Morgan fingerprint density at radius 2 is 1.68 bits per heavy atom. The molecule has 0 aliphatic carbocycles. The van der Waals surface area contributed by atoms with Crippen LogP contribution in [0, 0.1) is 0 Å². The molecule has 1 amide bonds. The number of amides is 1. The largest absolute Gasteiger partial charge is 0.495 e. The Labute approximate surface area is 222 Å². The molecule has 224 valence electrons. The van der Waals surface area contributed by atoms with Gasteiger partial charge in [0, 0.05) is 39.2 Å². The van der Waals surface area contributed by atoms with Crippen LogP contribution in [0.1, 0.15) is 34.8 Å². The van der Waals surface area contributed by atoms with Crippen molar-refractivity contribution in [2.24, 2.45) is 0 Å². The lowest BCUT2D eigenvalue weighted by atomic mass is 10.1. The second kappa shape index (κ2) is 15.0. The third-order valence-electron chi connectivity index (χ3n) is 4.70. The maximum absolute atomic E-state index is 12.2. The Balaban J connectivity index is 0.000000473. The zero-order valence-electron chi connectivity index (χ0n) is 21.3. The van der Waals surface area contributed by atoms with Crippen molar-refractivity contribution in [3.05, 3.63) is 41.4 Å². The van der Waals surface area contributed by atoms with Crippen LogP contribution in [-0.2, 0) is 33.8 Å². The van der Waals surface area contributed by atoms with Crippen LogP contribution in [0.5, 0.6) is 5.75 Å². The molecule has 0 fully saturated rings. The molecule has 0 radical (unpaired) electrons. The van der Waals surface area contributed by atoms with Gasteiger partial charge < -0.3 is 29.4 Å². The Bertz CT molecular complexity index is 1100. The molecule has 0 bridgehead atoms. The number of methoxy groups -OCH3 is 2. The number of nitrogens with one attached hydrogen (secondary N) is 1. The number of ether oxygens (including phenoxy) is 2. The quantitative estimate of drug-likeness (QED) is 0.408. The van der Waals surface area contributed by atoms with Gasteiger partial charge in [-0.25, -0.2) is 14.6 Å². The summed E-state index contributed by atoms with van der Waals surface area (Å²) >= 11 is 0. The average Bonchev–Trinajstić information content (AvgIpc) is 3.28. The van der Waals surface area contributed by atoms with Crippen molar-refractivity contribution in [2.75, 3.05) is 27.4 Å². The van der Waals surface area contributed by atoms with Gasteiger partial charge in [0.15, 0.2) is 0 Å². The number of oxazole rings is 1. The van der Waals surface area contributed by atoms with Crippen molar-refractivity contribution in [1.29, 1.82) is 0 Å². The lowest BCUT2D eigenvalue weighted by molar-refractivity contribution is -0.193. The number of carboxylic acids is 2. The molecular weight excluding hydrogens is 562 g/mol. The average molecular weight is 588 g/mol. The summed E-state index contributed by atoms with van der Waals surface area (Å²) in [6.07, 6.45) is -7.73. The van der Waals surface area contributed by atoms with Crippen LogP contribution in [0.25, 0.3) is 0 Å². The van der Waals surface area contributed by atoms with E-state index < -0.39 is 24.3 Å². The first kappa shape index (κ1) is 34.1. The molecule has 40 heavy (non-hydrogen) atoms. The van der Waals surface area contributed by atoms with Gasteiger partial charge in [0.25, 0.3) is 5.89 Å². The second-order valence-electron chi connectivity index (χ2n) is 7.97. The van der Waals surface area contributed by atoms with Crippen molar-refractivity contribution in [3.63, 3.8) is 0 Å². The summed E-state index contributed by atoms with van der Waals surface area (Å²) in [6, 6.07) is 3.75. The number of aliphatic carboxylic acids is 2. The Morgan fingerprint density at radius 3 is 2.12 bits per heavy atom. The first-order valence-electron chi connectivity index (χ1n) is 11.1. The van der Waals surface area contributed by atoms with Crippen molar-refractivity contribution >= 4 is 17.8 Å². The highest BCUT2D eigenvalue weighted by molar-refractivity contribution is 5.89. The maximum atomic E-state index is 12.2. The summed E-state index contributed by atoms with van der Waals surface area (Å²) in [5.74, 6) is -4.19. The van der Waals surface area contributed by atoms with Gasteiger partial charge in [0.2, 0.25) is 0 Å². The lowest BCUT2D eigenvalue weighted by Crippen LogP contribution is -2.35. The number of carbonyl (C=O) groups excluding carboxylic acids is 1. The smallest absolute Gasteiger partial charge is 0.490 e. The Kier molecular flexibility index (Phi) is 12.8. The third-order valence-corrected chi connectivity index (χ3v) is 4.70. The van der Waals surface area contributed by atoms with Crippen molar-refractivity contribution in [3.8, 4) is 5.75 Å². The van der Waals surface area contributed by atoms with Gasteiger partial charge in [-0.05, 0) is 19.1 Å². The van der Waals surface area contributed by atoms with Crippen LogP contribution in [0.15, 0.2) is 22.7 Å². The number of alkyl halides is 6. The number of aromatic nitrogens is 2. The molecule has 12 nitrogen and oxygen atoms in total. The van der Waals surface area contributed by atoms with E-state index in [1.807, 2.05) is 19.1 Å². The molecule has 3 N–H and O–H groups in total. The molecule has 3 heterocycles. The topological polar surface area (TPSA) is 164 Å². The van der Waals surface area contributed by atoms with Crippen LogP contribution in [0.3, 0.4) is 0 Å². The molecule has 1 aliphatic rings. The van der Waals surface area contributed by atoms with Gasteiger partial charge in [-0.1, -0.05) is 0 Å². The van der Waals surface area contributed by atoms with E-state index in [1.54, 1.807) is 20.4 Å². The molecular formula is C22H26F6N4O8. The minimum atomic E-state index is -5.08.